The molecule has 1 aromatic carbocycles. The van der Waals surface area contributed by atoms with Crippen molar-refractivity contribution in [3.63, 3.8) is 0 Å². The van der Waals surface area contributed by atoms with Crippen molar-refractivity contribution in [2.45, 2.75) is 19.9 Å². The van der Waals surface area contributed by atoms with Gasteiger partial charge in [-0.3, -0.25) is 0 Å². The predicted octanol–water partition coefficient (Wildman–Crippen LogP) is 2.05. The minimum Gasteiger partial charge on any atom is -0.480 e. The summed E-state index contributed by atoms with van der Waals surface area (Å²) in [5.41, 5.74) is 2.13. The highest BCUT2D eigenvalue weighted by Gasteiger charge is 2.32. The molecule has 98 valence electrons. The van der Waals surface area contributed by atoms with Crippen LogP contribution in [0.2, 0.25) is 0 Å². The fourth-order valence-corrected chi connectivity index (χ4v) is 2.60. The van der Waals surface area contributed by atoms with E-state index in [0.29, 0.717) is 0 Å². The molecule has 0 aliphatic carbocycles. The molecule has 18 heavy (non-hydrogen) atoms. The first-order valence-corrected chi connectivity index (χ1v) is 6.32. The largest absolute Gasteiger partial charge is 0.480 e. The van der Waals surface area contributed by atoms with Gasteiger partial charge in [-0.25, -0.2) is 4.79 Å². The summed E-state index contributed by atoms with van der Waals surface area (Å²) in [5.74, 6) is -0.664. The van der Waals surface area contributed by atoms with E-state index in [0.717, 1.165) is 24.5 Å². The molecule has 0 radical (unpaired) electrons. The molecule has 1 atom stereocenters. The number of anilines is 2. The van der Waals surface area contributed by atoms with Crippen molar-refractivity contribution in [3.8, 4) is 0 Å². The number of benzene rings is 1. The van der Waals surface area contributed by atoms with E-state index in [9.17, 15) is 9.90 Å². The Balaban J connectivity index is 2.41. The van der Waals surface area contributed by atoms with Crippen LogP contribution in [0, 0.1) is 5.92 Å². The van der Waals surface area contributed by atoms with Crippen LogP contribution >= 0.6 is 0 Å². The summed E-state index contributed by atoms with van der Waals surface area (Å²) in [6.07, 6.45) is 0. The van der Waals surface area contributed by atoms with Gasteiger partial charge in [-0.1, -0.05) is 26.0 Å². The molecule has 0 amide bonds. The Morgan fingerprint density at radius 2 is 1.83 bits per heavy atom. The van der Waals surface area contributed by atoms with Crippen LogP contribution in [-0.4, -0.2) is 37.3 Å². The molecule has 4 heteroatoms. The number of para-hydroxylation sites is 2. The highest BCUT2D eigenvalue weighted by molar-refractivity contribution is 5.83. The van der Waals surface area contributed by atoms with Gasteiger partial charge in [0.2, 0.25) is 0 Å². The van der Waals surface area contributed by atoms with Crippen molar-refractivity contribution in [3.05, 3.63) is 24.3 Å². The molecule has 1 aliphatic heterocycles. The van der Waals surface area contributed by atoms with Crippen LogP contribution in [0.1, 0.15) is 13.8 Å². The standard InChI is InChI=1S/C14H20N2O2/c1-10(2)13(14(17)18)16-9-8-15(3)11-6-4-5-7-12(11)16/h4-7,10,13H,8-9H2,1-3H3,(H,17,18). The van der Waals surface area contributed by atoms with E-state index in [-0.39, 0.29) is 5.92 Å². The zero-order valence-corrected chi connectivity index (χ0v) is 11.1. The van der Waals surface area contributed by atoms with Gasteiger partial charge in [0.05, 0.1) is 11.4 Å². The van der Waals surface area contributed by atoms with Crippen molar-refractivity contribution in [1.29, 1.82) is 0 Å². The van der Waals surface area contributed by atoms with E-state index in [1.807, 2.05) is 50.1 Å². The SMILES string of the molecule is CC(C)C(C(=O)O)N1CCN(C)c2ccccc21. The summed E-state index contributed by atoms with van der Waals surface area (Å²) < 4.78 is 0. The number of aliphatic carboxylic acids is 1. The second kappa shape index (κ2) is 4.88. The van der Waals surface area contributed by atoms with Crippen LogP contribution in [0.3, 0.4) is 0 Å². The molecule has 1 aromatic rings. The zero-order chi connectivity index (χ0) is 13.3. The molecule has 0 spiro atoms. The first kappa shape index (κ1) is 12.7. The topological polar surface area (TPSA) is 43.8 Å². The Hall–Kier alpha value is -1.71. The second-order valence-electron chi connectivity index (χ2n) is 5.13. The van der Waals surface area contributed by atoms with Crippen LogP contribution < -0.4 is 9.80 Å². The number of rotatable bonds is 3. The van der Waals surface area contributed by atoms with Gasteiger partial charge < -0.3 is 14.9 Å². The van der Waals surface area contributed by atoms with E-state index < -0.39 is 12.0 Å². The van der Waals surface area contributed by atoms with E-state index >= 15 is 0 Å². The number of likely N-dealkylation sites (N-methyl/N-ethyl adjacent to an activating group) is 1. The normalized spacial score (nSPS) is 16.7. The number of fused-ring (bicyclic) bond motifs is 1. The van der Waals surface area contributed by atoms with Crippen LogP contribution in [0.4, 0.5) is 11.4 Å². The maximum Gasteiger partial charge on any atom is 0.326 e. The third kappa shape index (κ3) is 2.15. The third-order valence-electron chi connectivity index (χ3n) is 3.50. The van der Waals surface area contributed by atoms with Gasteiger partial charge >= 0.3 is 5.97 Å². The number of carbonyl (C=O) groups is 1. The minimum absolute atomic E-state index is 0.0824. The van der Waals surface area contributed by atoms with Gasteiger partial charge in [-0.2, -0.15) is 0 Å². The van der Waals surface area contributed by atoms with Gasteiger partial charge in [0.25, 0.3) is 0 Å². The van der Waals surface area contributed by atoms with Crippen molar-refractivity contribution in [1.82, 2.24) is 0 Å². The molecule has 0 saturated carbocycles. The summed E-state index contributed by atoms with van der Waals surface area (Å²) in [6, 6.07) is 7.54. The molecule has 1 unspecified atom stereocenters. The third-order valence-corrected chi connectivity index (χ3v) is 3.50. The van der Waals surface area contributed by atoms with Gasteiger partial charge in [-0.15, -0.1) is 0 Å². The number of hydrogen-bond donors (Lipinski definition) is 1. The number of carboxylic acid groups (broad SMARTS) is 1. The number of carboxylic acids is 1. The molecule has 1 heterocycles. The quantitative estimate of drug-likeness (QED) is 0.889. The van der Waals surface area contributed by atoms with Crippen LogP contribution in [0.15, 0.2) is 24.3 Å². The number of nitrogens with zero attached hydrogens (tertiary/aromatic N) is 2. The van der Waals surface area contributed by atoms with E-state index in [1.165, 1.54) is 0 Å². The van der Waals surface area contributed by atoms with Crippen molar-refractivity contribution >= 4 is 17.3 Å². The fourth-order valence-electron chi connectivity index (χ4n) is 2.60. The lowest BCUT2D eigenvalue weighted by Gasteiger charge is -2.41. The van der Waals surface area contributed by atoms with Crippen molar-refractivity contribution < 1.29 is 9.90 Å². The fraction of sp³-hybridized carbons (Fsp3) is 0.500. The molecule has 1 N–H and O–H groups in total. The average Bonchev–Trinajstić information content (AvgIpc) is 2.32. The molecular formula is C14H20N2O2. The molecule has 0 aromatic heterocycles. The Morgan fingerprint density at radius 3 is 2.39 bits per heavy atom. The Labute approximate surface area is 108 Å². The summed E-state index contributed by atoms with van der Waals surface area (Å²) in [7, 11) is 2.04. The molecule has 0 saturated heterocycles. The van der Waals surface area contributed by atoms with Gasteiger partial charge in [-0.05, 0) is 18.1 Å². The first-order valence-electron chi connectivity index (χ1n) is 6.32. The molecule has 4 nitrogen and oxygen atoms in total. The maximum atomic E-state index is 11.5. The highest BCUT2D eigenvalue weighted by Crippen LogP contribution is 2.34. The first-order chi connectivity index (χ1) is 8.52. The van der Waals surface area contributed by atoms with E-state index in [1.54, 1.807) is 0 Å². The average molecular weight is 248 g/mol. The molecule has 0 fully saturated rings. The van der Waals surface area contributed by atoms with Crippen LogP contribution in [-0.2, 0) is 4.79 Å². The number of hydrogen-bond acceptors (Lipinski definition) is 3. The highest BCUT2D eigenvalue weighted by atomic mass is 16.4. The van der Waals surface area contributed by atoms with E-state index in [2.05, 4.69) is 4.90 Å². The molecule has 1 aliphatic rings. The van der Waals surface area contributed by atoms with Gasteiger partial charge in [0.15, 0.2) is 0 Å². The summed E-state index contributed by atoms with van der Waals surface area (Å²) in [5, 5.41) is 9.43. The predicted molar refractivity (Wildman–Crippen MR) is 73.3 cm³/mol. The lowest BCUT2D eigenvalue weighted by Crippen LogP contribution is -2.50. The second-order valence-corrected chi connectivity index (χ2v) is 5.13. The lowest BCUT2D eigenvalue weighted by molar-refractivity contribution is -0.139. The van der Waals surface area contributed by atoms with Crippen molar-refractivity contribution in [2.75, 3.05) is 29.9 Å². The van der Waals surface area contributed by atoms with Crippen LogP contribution in [0.5, 0.6) is 0 Å². The zero-order valence-electron chi connectivity index (χ0n) is 11.1. The monoisotopic (exact) mass is 248 g/mol. The summed E-state index contributed by atoms with van der Waals surface area (Å²) >= 11 is 0. The molecule has 0 bridgehead atoms. The Morgan fingerprint density at radius 1 is 1.22 bits per heavy atom. The summed E-state index contributed by atoms with van der Waals surface area (Å²) in [4.78, 5) is 15.7. The van der Waals surface area contributed by atoms with Crippen LogP contribution in [0.25, 0.3) is 0 Å². The smallest absolute Gasteiger partial charge is 0.326 e. The van der Waals surface area contributed by atoms with Gasteiger partial charge in [0.1, 0.15) is 6.04 Å². The molecule has 2 rings (SSSR count). The summed E-state index contributed by atoms with van der Waals surface area (Å²) in [6.45, 7) is 5.52. The Bertz CT molecular complexity index is 445. The molecular weight excluding hydrogens is 228 g/mol. The lowest BCUT2D eigenvalue weighted by atomic mass is 10.00. The van der Waals surface area contributed by atoms with E-state index in [4.69, 9.17) is 0 Å². The minimum atomic E-state index is -0.746. The van der Waals surface area contributed by atoms with Crippen molar-refractivity contribution in [2.24, 2.45) is 5.92 Å². The van der Waals surface area contributed by atoms with Gasteiger partial charge in [0, 0.05) is 20.1 Å². The Kier molecular flexibility index (Phi) is 3.45. The maximum absolute atomic E-state index is 11.5.